The van der Waals surface area contributed by atoms with Gasteiger partial charge in [0, 0.05) is 6.42 Å². The first-order valence-electron chi connectivity index (χ1n) is 9.25. The smallest absolute Gasteiger partial charge is 0.305 e. The number of carbonyl (C=O) groups is 1. The minimum Gasteiger partial charge on any atom is -0.465 e. The monoisotopic (exact) mass is 298 g/mol. The normalized spacial score (nSPS) is 11.3. The molecule has 0 unspecified atom stereocenters. The third kappa shape index (κ3) is 14.2. The molecule has 0 aliphatic heterocycles. The molecule has 2 nitrogen and oxygen atoms in total. The van der Waals surface area contributed by atoms with E-state index in [4.69, 9.17) is 4.74 Å². The van der Waals surface area contributed by atoms with Crippen LogP contribution in [0.15, 0.2) is 0 Å². The number of hydrogen-bond donors (Lipinski definition) is 0. The molecule has 0 bridgehead atoms. The average Bonchev–Trinajstić information content (AvgIpc) is 2.46. The number of esters is 1. The summed E-state index contributed by atoms with van der Waals surface area (Å²) in [6, 6.07) is 0. The van der Waals surface area contributed by atoms with Crippen LogP contribution in [0.5, 0.6) is 0 Å². The molecule has 0 saturated heterocycles. The lowest BCUT2D eigenvalue weighted by molar-refractivity contribution is -0.145. The Morgan fingerprint density at radius 3 is 1.90 bits per heavy atom. The molecule has 0 rings (SSSR count). The van der Waals surface area contributed by atoms with Crippen molar-refractivity contribution in [2.24, 2.45) is 11.8 Å². The number of carbonyl (C=O) groups excluding carboxylic acids is 1. The highest BCUT2D eigenvalue weighted by atomic mass is 16.5. The Morgan fingerprint density at radius 2 is 1.38 bits per heavy atom. The van der Waals surface area contributed by atoms with Crippen LogP contribution in [0.2, 0.25) is 0 Å². The summed E-state index contributed by atoms with van der Waals surface area (Å²) in [6.07, 6.45) is 13.0. The molecule has 0 radical (unpaired) electrons. The maximum Gasteiger partial charge on any atom is 0.305 e. The fourth-order valence-electron chi connectivity index (χ4n) is 2.51. The van der Waals surface area contributed by atoms with Gasteiger partial charge in [-0.15, -0.1) is 0 Å². The quantitative estimate of drug-likeness (QED) is 0.285. The largest absolute Gasteiger partial charge is 0.465 e. The molecular weight excluding hydrogens is 260 g/mol. The van der Waals surface area contributed by atoms with Crippen molar-refractivity contribution in [2.75, 3.05) is 6.61 Å². The number of rotatable bonds is 14. The van der Waals surface area contributed by atoms with Crippen molar-refractivity contribution in [3.63, 3.8) is 0 Å². The van der Waals surface area contributed by atoms with Gasteiger partial charge in [-0.05, 0) is 18.3 Å². The Kier molecular flexibility index (Phi) is 14.0. The molecule has 2 heteroatoms. The van der Waals surface area contributed by atoms with Gasteiger partial charge in [-0.3, -0.25) is 4.79 Å². The van der Waals surface area contributed by atoms with E-state index in [1.54, 1.807) is 0 Å². The summed E-state index contributed by atoms with van der Waals surface area (Å²) in [5.74, 6) is 1.38. The Bertz CT molecular complexity index is 232. The van der Waals surface area contributed by atoms with Crippen LogP contribution >= 0.6 is 0 Å². The first-order valence-corrected chi connectivity index (χ1v) is 9.25. The fraction of sp³-hybridized carbons (Fsp3) is 0.947. The summed E-state index contributed by atoms with van der Waals surface area (Å²) in [4.78, 5) is 11.6. The van der Waals surface area contributed by atoms with E-state index in [0.717, 1.165) is 25.2 Å². The molecule has 0 aliphatic rings. The lowest BCUT2D eigenvalue weighted by atomic mass is 10.0. The second-order valence-electron chi connectivity index (χ2n) is 6.77. The third-order valence-corrected chi connectivity index (χ3v) is 4.30. The zero-order valence-corrected chi connectivity index (χ0v) is 15.0. The summed E-state index contributed by atoms with van der Waals surface area (Å²) in [6.45, 7) is 9.51. The predicted molar refractivity (Wildman–Crippen MR) is 91.4 cm³/mol. The highest BCUT2D eigenvalue weighted by molar-refractivity contribution is 5.69. The second kappa shape index (κ2) is 14.4. The lowest BCUT2D eigenvalue weighted by Gasteiger charge is -2.12. The van der Waals surface area contributed by atoms with Crippen molar-refractivity contribution >= 4 is 5.97 Å². The molecular formula is C19H38O2. The Balaban J connectivity index is 3.29. The van der Waals surface area contributed by atoms with Crippen LogP contribution in [-0.4, -0.2) is 12.6 Å². The van der Waals surface area contributed by atoms with E-state index in [9.17, 15) is 4.79 Å². The molecule has 0 saturated carbocycles. The zero-order valence-electron chi connectivity index (χ0n) is 15.0. The van der Waals surface area contributed by atoms with Gasteiger partial charge in [0.25, 0.3) is 0 Å². The van der Waals surface area contributed by atoms with Gasteiger partial charge >= 0.3 is 5.97 Å². The Hall–Kier alpha value is -0.530. The van der Waals surface area contributed by atoms with Gasteiger partial charge in [0.05, 0.1) is 6.61 Å². The molecule has 0 amide bonds. The van der Waals surface area contributed by atoms with Crippen molar-refractivity contribution in [2.45, 2.75) is 98.3 Å². The van der Waals surface area contributed by atoms with Crippen molar-refractivity contribution in [3.05, 3.63) is 0 Å². The number of unbranched alkanes of at least 4 members (excludes halogenated alkanes) is 6. The summed E-state index contributed by atoms with van der Waals surface area (Å²) in [5, 5.41) is 0. The van der Waals surface area contributed by atoms with Crippen molar-refractivity contribution in [1.29, 1.82) is 0 Å². The van der Waals surface area contributed by atoms with Crippen LogP contribution in [0.25, 0.3) is 0 Å². The minimum atomic E-state index is -0.00108. The zero-order chi connectivity index (χ0) is 15.9. The fourth-order valence-corrected chi connectivity index (χ4v) is 2.51. The van der Waals surface area contributed by atoms with Gasteiger partial charge in [-0.2, -0.15) is 0 Å². The Labute approximate surface area is 133 Å². The van der Waals surface area contributed by atoms with Gasteiger partial charge < -0.3 is 4.74 Å². The molecule has 0 heterocycles. The molecule has 0 aliphatic carbocycles. The molecule has 0 atom stereocenters. The third-order valence-electron chi connectivity index (χ3n) is 4.30. The summed E-state index contributed by atoms with van der Waals surface area (Å²) < 4.78 is 5.33. The molecule has 0 aromatic heterocycles. The lowest BCUT2D eigenvalue weighted by Crippen LogP contribution is -2.12. The van der Waals surface area contributed by atoms with Crippen LogP contribution < -0.4 is 0 Å². The van der Waals surface area contributed by atoms with Crippen LogP contribution in [0.3, 0.4) is 0 Å². The molecule has 21 heavy (non-hydrogen) atoms. The highest BCUT2D eigenvalue weighted by Crippen LogP contribution is 2.13. The van der Waals surface area contributed by atoms with Crippen LogP contribution in [-0.2, 0) is 9.53 Å². The first-order chi connectivity index (χ1) is 10.1. The van der Waals surface area contributed by atoms with Gasteiger partial charge in [0.2, 0.25) is 0 Å². The van der Waals surface area contributed by atoms with Crippen molar-refractivity contribution in [1.82, 2.24) is 0 Å². The summed E-state index contributed by atoms with van der Waals surface area (Å²) in [7, 11) is 0. The standard InChI is InChI=1S/C19H38O2/c1-5-18(6-2)16-21-19(20)15-13-11-9-7-8-10-12-14-17(3)4/h17-18H,5-16H2,1-4H3. The van der Waals surface area contributed by atoms with Crippen molar-refractivity contribution in [3.8, 4) is 0 Å². The maximum atomic E-state index is 11.6. The molecule has 0 fully saturated rings. The molecule has 0 aromatic rings. The molecule has 126 valence electrons. The van der Waals surface area contributed by atoms with E-state index >= 15 is 0 Å². The van der Waals surface area contributed by atoms with Gasteiger partial charge in [-0.25, -0.2) is 0 Å². The van der Waals surface area contributed by atoms with E-state index < -0.39 is 0 Å². The molecule has 0 spiro atoms. The summed E-state index contributed by atoms with van der Waals surface area (Å²) >= 11 is 0. The van der Waals surface area contributed by atoms with Gasteiger partial charge in [-0.1, -0.05) is 85.5 Å². The first kappa shape index (κ1) is 20.5. The number of ether oxygens (including phenoxy) is 1. The minimum absolute atomic E-state index is 0.00108. The van der Waals surface area contributed by atoms with Gasteiger partial charge in [0.1, 0.15) is 0 Å². The van der Waals surface area contributed by atoms with E-state index in [1.807, 2.05) is 0 Å². The second-order valence-corrected chi connectivity index (χ2v) is 6.77. The Morgan fingerprint density at radius 1 is 0.857 bits per heavy atom. The van der Waals surface area contributed by atoms with Crippen LogP contribution in [0.4, 0.5) is 0 Å². The van der Waals surface area contributed by atoms with E-state index in [0.29, 0.717) is 18.9 Å². The topological polar surface area (TPSA) is 26.3 Å². The summed E-state index contributed by atoms with van der Waals surface area (Å²) in [5.41, 5.74) is 0. The van der Waals surface area contributed by atoms with Crippen molar-refractivity contribution < 1.29 is 9.53 Å². The van der Waals surface area contributed by atoms with Gasteiger partial charge in [0.15, 0.2) is 0 Å². The highest BCUT2D eigenvalue weighted by Gasteiger charge is 2.08. The molecule has 0 N–H and O–H groups in total. The molecule has 0 aromatic carbocycles. The van der Waals surface area contributed by atoms with E-state index in [-0.39, 0.29) is 5.97 Å². The predicted octanol–water partition coefficient (Wildman–Crippen LogP) is 6.13. The van der Waals surface area contributed by atoms with E-state index in [1.165, 1.54) is 44.9 Å². The maximum absolute atomic E-state index is 11.6. The van der Waals surface area contributed by atoms with Crippen LogP contribution in [0.1, 0.15) is 98.3 Å². The van der Waals surface area contributed by atoms with E-state index in [2.05, 4.69) is 27.7 Å². The average molecular weight is 299 g/mol. The number of hydrogen-bond acceptors (Lipinski definition) is 2. The SMILES string of the molecule is CCC(CC)COC(=O)CCCCCCCCCC(C)C. The van der Waals surface area contributed by atoms with Crippen LogP contribution in [0, 0.1) is 11.8 Å².